The maximum atomic E-state index is 13.4. The first-order valence-electron chi connectivity index (χ1n) is 9.24. The van der Waals surface area contributed by atoms with Crippen molar-refractivity contribution in [3.63, 3.8) is 0 Å². The van der Waals surface area contributed by atoms with E-state index in [1.807, 2.05) is 25.4 Å². The number of thiophene rings is 1. The van der Waals surface area contributed by atoms with Crippen molar-refractivity contribution in [1.29, 1.82) is 0 Å². The summed E-state index contributed by atoms with van der Waals surface area (Å²) >= 11 is 7.21. The molecule has 0 radical (unpaired) electrons. The van der Waals surface area contributed by atoms with Crippen LogP contribution in [0.1, 0.15) is 17.3 Å². The van der Waals surface area contributed by atoms with Crippen LogP contribution in [-0.2, 0) is 22.1 Å². The average Bonchev–Trinajstić information content (AvgIpc) is 3.35. The summed E-state index contributed by atoms with van der Waals surface area (Å²) in [6, 6.07) is 6.01. The number of halogens is 2. The molecule has 164 valence electrons. The number of anilines is 1. The number of carbonyl (C=O) groups is 1. The number of benzene rings is 1. The van der Waals surface area contributed by atoms with Crippen LogP contribution in [-0.4, -0.2) is 41.5 Å². The molecule has 0 saturated carbocycles. The van der Waals surface area contributed by atoms with Gasteiger partial charge < -0.3 is 5.32 Å². The topological polar surface area (TPSA) is 96.3 Å². The van der Waals surface area contributed by atoms with Gasteiger partial charge in [0, 0.05) is 41.3 Å². The molecule has 2 atom stereocenters. The fourth-order valence-electron chi connectivity index (χ4n) is 3.34. The van der Waals surface area contributed by atoms with Crippen LogP contribution in [0, 0.1) is 5.82 Å². The summed E-state index contributed by atoms with van der Waals surface area (Å²) in [5.41, 5.74) is 1.21. The molecule has 1 fully saturated rings. The second-order valence-electron chi connectivity index (χ2n) is 7.17. The van der Waals surface area contributed by atoms with Crippen LogP contribution in [0.5, 0.6) is 0 Å². The van der Waals surface area contributed by atoms with Crippen LogP contribution in [0.15, 0.2) is 42.7 Å². The molecule has 31 heavy (non-hydrogen) atoms. The summed E-state index contributed by atoms with van der Waals surface area (Å²) in [5.74, 6) is -1.13. The molecule has 0 aliphatic carbocycles. The molecule has 1 aliphatic rings. The SMILES string of the molecule is CN1[C@@H](C(=O)Nc2ccc(F)c(Cl)c2)C[C@H](c2ccc(-c3cnn(C)c3)s2)NS1(=O)=O. The Balaban J connectivity index is 1.57. The van der Waals surface area contributed by atoms with Crippen molar-refractivity contribution in [2.75, 3.05) is 12.4 Å². The zero-order chi connectivity index (χ0) is 22.3. The number of aryl methyl sites for hydroxylation is 1. The Labute approximate surface area is 187 Å². The van der Waals surface area contributed by atoms with Crippen LogP contribution in [0.2, 0.25) is 5.02 Å². The van der Waals surface area contributed by atoms with Crippen LogP contribution in [0.25, 0.3) is 10.4 Å². The first-order valence-corrected chi connectivity index (χ1v) is 11.9. The lowest BCUT2D eigenvalue weighted by Gasteiger charge is -2.35. The van der Waals surface area contributed by atoms with Gasteiger partial charge in [0.25, 0.3) is 10.2 Å². The highest BCUT2D eigenvalue weighted by Crippen LogP contribution is 2.36. The minimum Gasteiger partial charge on any atom is -0.325 e. The van der Waals surface area contributed by atoms with Gasteiger partial charge in [-0.05, 0) is 36.8 Å². The lowest BCUT2D eigenvalue weighted by Crippen LogP contribution is -2.55. The zero-order valence-electron chi connectivity index (χ0n) is 16.5. The van der Waals surface area contributed by atoms with Gasteiger partial charge in [-0.3, -0.25) is 9.48 Å². The van der Waals surface area contributed by atoms with Crippen LogP contribution < -0.4 is 10.0 Å². The lowest BCUT2D eigenvalue weighted by atomic mass is 10.1. The van der Waals surface area contributed by atoms with Crippen LogP contribution in [0.4, 0.5) is 10.1 Å². The fraction of sp³-hybridized carbons (Fsp3) is 0.263. The minimum atomic E-state index is -3.88. The maximum Gasteiger partial charge on any atom is 0.280 e. The Morgan fingerprint density at radius 3 is 2.77 bits per heavy atom. The Morgan fingerprint density at radius 1 is 1.32 bits per heavy atom. The third-order valence-electron chi connectivity index (χ3n) is 5.02. The Bertz CT molecular complexity index is 1240. The average molecular weight is 484 g/mol. The number of hydrogen-bond donors (Lipinski definition) is 2. The monoisotopic (exact) mass is 483 g/mol. The number of nitrogens with one attached hydrogen (secondary N) is 2. The highest BCUT2D eigenvalue weighted by Gasteiger charge is 2.41. The van der Waals surface area contributed by atoms with E-state index >= 15 is 0 Å². The van der Waals surface area contributed by atoms with E-state index in [-0.39, 0.29) is 17.1 Å². The van der Waals surface area contributed by atoms with Gasteiger partial charge in [-0.1, -0.05) is 11.6 Å². The molecule has 2 aromatic heterocycles. The van der Waals surface area contributed by atoms with E-state index in [9.17, 15) is 17.6 Å². The van der Waals surface area contributed by atoms with E-state index in [0.29, 0.717) is 0 Å². The number of carbonyl (C=O) groups excluding carboxylic acids is 1. The number of hydrogen-bond acceptors (Lipinski definition) is 5. The molecular formula is C19H19ClFN5O3S2. The molecule has 1 amide bonds. The van der Waals surface area contributed by atoms with Crippen molar-refractivity contribution < 1.29 is 17.6 Å². The number of likely N-dealkylation sites (N-methyl/N-ethyl adjacent to an activating group) is 1. The first kappa shape index (κ1) is 21.9. The predicted octanol–water partition coefficient (Wildman–Crippen LogP) is 3.16. The summed E-state index contributed by atoms with van der Waals surface area (Å²) < 4.78 is 44.0. The summed E-state index contributed by atoms with van der Waals surface area (Å²) in [6.45, 7) is 0. The molecule has 8 nitrogen and oxygen atoms in total. The Kier molecular flexibility index (Phi) is 5.88. The quantitative estimate of drug-likeness (QED) is 0.595. The lowest BCUT2D eigenvalue weighted by molar-refractivity contribution is -0.120. The smallest absolute Gasteiger partial charge is 0.280 e. The van der Waals surface area contributed by atoms with Gasteiger partial charge in [0.1, 0.15) is 11.9 Å². The van der Waals surface area contributed by atoms with Gasteiger partial charge in [-0.25, -0.2) is 4.39 Å². The largest absolute Gasteiger partial charge is 0.325 e. The van der Waals surface area contributed by atoms with E-state index in [1.165, 1.54) is 30.5 Å². The summed E-state index contributed by atoms with van der Waals surface area (Å²) in [5, 5.41) is 6.64. The molecule has 3 aromatic rings. The fourth-order valence-corrected chi connectivity index (χ4v) is 5.91. The highest BCUT2D eigenvalue weighted by molar-refractivity contribution is 7.87. The zero-order valence-corrected chi connectivity index (χ0v) is 18.9. The van der Waals surface area contributed by atoms with Gasteiger partial charge in [0.15, 0.2) is 0 Å². The molecule has 3 heterocycles. The predicted molar refractivity (Wildman–Crippen MR) is 118 cm³/mol. The maximum absolute atomic E-state index is 13.4. The van der Waals surface area contributed by atoms with Gasteiger partial charge >= 0.3 is 0 Å². The molecule has 0 unspecified atom stereocenters. The van der Waals surface area contributed by atoms with Crippen LogP contribution in [0.3, 0.4) is 0 Å². The van der Waals surface area contributed by atoms with Gasteiger partial charge in [0.05, 0.1) is 17.3 Å². The highest BCUT2D eigenvalue weighted by atomic mass is 35.5. The second-order valence-corrected chi connectivity index (χ2v) is 10.5. The standard InChI is InChI=1S/C19H19ClFN5O3S2/c1-25-10-11(9-22-25)17-5-6-18(30-17)15-8-16(26(2)31(28,29)24-15)19(27)23-12-3-4-14(21)13(20)7-12/h3-7,9-10,15-16,24H,8H2,1-2H3,(H,23,27)/t15-,16-/m1/s1. The van der Waals surface area contributed by atoms with E-state index in [0.717, 1.165) is 25.7 Å². The molecule has 0 bridgehead atoms. The number of nitrogens with zero attached hydrogens (tertiary/aromatic N) is 3. The molecule has 1 aromatic carbocycles. The van der Waals surface area contributed by atoms with Crippen molar-refractivity contribution in [3.05, 3.63) is 58.4 Å². The summed E-state index contributed by atoms with van der Waals surface area (Å²) in [7, 11) is -0.721. The third kappa shape index (κ3) is 4.51. The second kappa shape index (κ2) is 8.32. The number of aromatic nitrogens is 2. The van der Waals surface area contributed by atoms with E-state index in [4.69, 9.17) is 11.6 Å². The molecule has 12 heteroatoms. The van der Waals surface area contributed by atoms with Gasteiger partial charge in [-0.2, -0.15) is 22.5 Å². The Morgan fingerprint density at radius 2 is 2.10 bits per heavy atom. The summed E-state index contributed by atoms with van der Waals surface area (Å²) in [4.78, 5) is 14.6. The summed E-state index contributed by atoms with van der Waals surface area (Å²) in [6.07, 6.45) is 3.83. The van der Waals surface area contributed by atoms with E-state index in [1.54, 1.807) is 10.9 Å². The van der Waals surface area contributed by atoms with E-state index < -0.39 is 34.0 Å². The molecule has 2 N–H and O–H groups in total. The number of rotatable bonds is 4. The van der Waals surface area contributed by atoms with Crippen molar-refractivity contribution in [2.24, 2.45) is 7.05 Å². The number of amides is 1. The third-order valence-corrected chi connectivity index (χ3v) is 8.15. The van der Waals surface area contributed by atoms with Crippen molar-refractivity contribution in [1.82, 2.24) is 18.8 Å². The van der Waals surface area contributed by atoms with Crippen molar-refractivity contribution >= 4 is 44.7 Å². The van der Waals surface area contributed by atoms with Crippen molar-refractivity contribution in [3.8, 4) is 10.4 Å². The van der Waals surface area contributed by atoms with Gasteiger partial charge in [-0.15, -0.1) is 11.3 Å². The van der Waals surface area contributed by atoms with Crippen molar-refractivity contribution in [2.45, 2.75) is 18.5 Å². The normalized spacial score (nSPS) is 21.2. The van der Waals surface area contributed by atoms with E-state index in [2.05, 4.69) is 15.1 Å². The minimum absolute atomic E-state index is 0.136. The van der Waals surface area contributed by atoms with Gasteiger partial charge in [0.2, 0.25) is 5.91 Å². The molecule has 1 saturated heterocycles. The molecule has 0 spiro atoms. The molecular weight excluding hydrogens is 465 g/mol. The van der Waals surface area contributed by atoms with Crippen LogP contribution >= 0.6 is 22.9 Å². The Hall–Kier alpha value is -2.31. The molecule has 1 aliphatic heterocycles. The first-order chi connectivity index (χ1) is 14.6. The molecule has 4 rings (SSSR count).